The van der Waals surface area contributed by atoms with E-state index in [1.807, 2.05) is 0 Å². The molecule has 4 unspecified atom stereocenters. The van der Waals surface area contributed by atoms with Crippen molar-refractivity contribution in [2.24, 2.45) is 11.7 Å². The molecule has 10 nitrogen and oxygen atoms in total. The summed E-state index contributed by atoms with van der Waals surface area (Å²) in [6, 6.07) is 4.85. The van der Waals surface area contributed by atoms with E-state index in [-0.39, 0.29) is 35.9 Å². The highest BCUT2D eigenvalue weighted by Crippen LogP contribution is 2.18. The number of nitrogens with two attached hydrogens (primary N) is 1. The third-order valence-corrected chi connectivity index (χ3v) is 8.06. The molecule has 198 valence electrons. The summed E-state index contributed by atoms with van der Waals surface area (Å²) < 4.78 is 64.2. The van der Waals surface area contributed by atoms with Crippen LogP contribution in [0.4, 0.5) is 4.39 Å². The van der Waals surface area contributed by atoms with Crippen molar-refractivity contribution in [1.82, 2.24) is 5.32 Å². The zero-order valence-corrected chi connectivity index (χ0v) is 21.4. The Balaban J connectivity index is 2.72. The van der Waals surface area contributed by atoms with Gasteiger partial charge in [0.1, 0.15) is 0 Å². The Morgan fingerprint density at radius 3 is 2.11 bits per heavy atom. The molecular weight excluding hydrogens is 503 g/mol. The third kappa shape index (κ3) is 9.84. The van der Waals surface area contributed by atoms with E-state index >= 15 is 0 Å². The first-order valence-electron chi connectivity index (χ1n) is 11.1. The van der Waals surface area contributed by atoms with Crippen molar-refractivity contribution < 1.29 is 40.1 Å². The van der Waals surface area contributed by atoms with Crippen LogP contribution < -0.4 is 11.1 Å². The second kappa shape index (κ2) is 15.1. The van der Waals surface area contributed by atoms with E-state index in [1.165, 1.54) is 24.3 Å². The molecular formula is C22H32FN2O8S2-. The predicted molar refractivity (Wildman–Crippen MR) is 128 cm³/mol. The van der Waals surface area contributed by atoms with Crippen molar-refractivity contribution >= 4 is 38.7 Å². The molecule has 0 aliphatic rings. The lowest BCUT2D eigenvalue weighted by Gasteiger charge is -2.19. The number of amides is 1. The highest BCUT2D eigenvalue weighted by atomic mass is 32.2. The first-order valence-corrected chi connectivity index (χ1v) is 13.7. The van der Waals surface area contributed by atoms with Crippen molar-refractivity contribution in [3.63, 3.8) is 0 Å². The van der Waals surface area contributed by atoms with Gasteiger partial charge in [0.2, 0.25) is 5.91 Å². The first kappa shape index (κ1) is 31.0. The van der Waals surface area contributed by atoms with Crippen LogP contribution in [0.5, 0.6) is 0 Å². The van der Waals surface area contributed by atoms with Gasteiger partial charge in [0.25, 0.3) is 10.1 Å². The molecule has 1 rings (SSSR count). The number of halogens is 1. The van der Waals surface area contributed by atoms with E-state index in [9.17, 15) is 36.0 Å². The largest absolute Gasteiger partial charge is 0.772 e. The zero-order chi connectivity index (χ0) is 26.6. The van der Waals surface area contributed by atoms with Crippen LogP contribution in [0.15, 0.2) is 24.3 Å². The average molecular weight is 536 g/mol. The number of rotatable bonds is 18. The van der Waals surface area contributed by atoms with Gasteiger partial charge in [-0.1, -0.05) is 37.6 Å². The van der Waals surface area contributed by atoms with E-state index in [0.717, 1.165) is 20.0 Å². The highest BCUT2D eigenvalue weighted by molar-refractivity contribution is 7.88. The van der Waals surface area contributed by atoms with Crippen LogP contribution in [0.25, 0.3) is 0 Å². The maximum Gasteiger partial charge on any atom is 0.277 e. The van der Waals surface area contributed by atoms with Gasteiger partial charge >= 0.3 is 0 Å². The monoisotopic (exact) mass is 535 g/mol. The van der Waals surface area contributed by atoms with Crippen molar-refractivity contribution in [3.05, 3.63) is 35.4 Å². The summed E-state index contributed by atoms with van der Waals surface area (Å²) in [5, 5.41) is 0.0190. The lowest BCUT2D eigenvalue weighted by atomic mass is 10.0. The number of ketones is 2. The first-order chi connectivity index (χ1) is 16.5. The smallest absolute Gasteiger partial charge is 0.277 e. The van der Waals surface area contributed by atoms with Crippen molar-refractivity contribution in [3.8, 4) is 0 Å². The normalized spacial score (nSPS) is 15.2. The summed E-state index contributed by atoms with van der Waals surface area (Å²) in [7, 11) is -3.44. The van der Waals surface area contributed by atoms with E-state index in [4.69, 9.17) is 5.73 Å². The zero-order valence-electron chi connectivity index (χ0n) is 19.7. The fraction of sp³-hybridized carbons (Fsp3) is 0.591. The molecule has 0 aliphatic heterocycles. The number of carbonyl (C=O) groups is 3. The molecule has 0 spiro atoms. The van der Waals surface area contributed by atoms with Crippen LogP contribution in [-0.2, 0) is 30.2 Å². The molecule has 0 saturated heterocycles. The third-order valence-electron chi connectivity index (χ3n) is 5.53. The number of primary amides is 1. The van der Waals surface area contributed by atoms with Crippen LogP contribution in [0.1, 0.15) is 59.7 Å². The lowest BCUT2D eigenvalue weighted by Crippen LogP contribution is -2.32. The Hall–Kier alpha value is -2.06. The van der Waals surface area contributed by atoms with E-state index in [0.29, 0.717) is 13.0 Å². The number of hydrogen-bond acceptors (Lipinski definition) is 9. The van der Waals surface area contributed by atoms with Crippen molar-refractivity contribution in [2.75, 3.05) is 26.9 Å². The molecule has 0 bridgehead atoms. The Morgan fingerprint density at radius 1 is 1.06 bits per heavy atom. The topological polar surface area (TPSA) is 173 Å². The van der Waals surface area contributed by atoms with Crippen LogP contribution in [0, 0.1) is 5.92 Å². The number of benzene rings is 1. The molecule has 0 radical (unpaired) electrons. The number of hydrogen-bond donors (Lipinski definition) is 2. The highest BCUT2D eigenvalue weighted by Gasteiger charge is 2.33. The quantitative estimate of drug-likeness (QED) is 0.121. The number of Topliss-reactive ketones (excluding diaryl/α,β-unsaturated/α-hetero) is 2. The molecule has 0 saturated carbocycles. The molecule has 1 aromatic rings. The SMILES string of the molecule is COS(=O)(=O)C(CCF)C(=O)c1ccc(C(=O)C(CCNCCCCC(C)C(N)=O)S(=O)[O-])cc1. The summed E-state index contributed by atoms with van der Waals surface area (Å²) in [6.07, 6.45) is 1.64. The fourth-order valence-corrected chi connectivity index (χ4v) is 4.94. The van der Waals surface area contributed by atoms with Crippen molar-refractivity contribution in [1.29, 1.82) is 0 Å². The van der Waals surface area contributed by atoms with Crippen LogP contribution in [-0.4, -0.2) is 72.0 Å². The summed E-state index contributed by atoms with van der Waals surface area (Å²) >= 11 is -2.69. The number of carbonyl (C=O) groups excluding carboxylic acids is 3. The summed E-state index contributed by atoms with van der Waals surface area (Å²) in [5.41, 5.74) is 5.16. The van der Waals surface area contributed by atoms with E-state index < -0.39 is 56.4 Å². The van der Waals surface area contributed by atoms with Gasteiger partial charge in [0, 0.05) is 23.5 Å². The minimum absolute atomic E-state index is 0.0258. The standard InChI is InChI=1S/C22H33FN2O8S2/c1-15(22(24)28)5-3-4-13-25-14-11-18(34(29)30)20(26)16-6-8-17(9-7-16)21(27)19(10-12-23)35(31,32)33-2/h6-9,15,18-19,25H,3-5,10-14H2,1-2H3,(H2,24,28)(H,29,30)/p-1. The minimum atomic E-state index is -4.31. The Morgan fingerprint density at radius 2 is 1.63 bits per heavy atom. The average Bonchev–Trinajstić information content (AvgIpc) is 2.82. The second-order valence-electron chi connectivity index (χ2n) is 8.02. The van der Waals surface area contributed by atoms with E-state index in [2.05, 4.69) is 9.50 Å². The molecule has 0 heterocycles. The molecule has 0 fully saturated rings. The maximum absolute atomic E-state index is 12.8. The fourth-order valence-electron chi connectivity index (χ4n) is 3.31. The van der Waals surface area contributed by atoms with Gasteiger partial charge in [-0.25, -0.2) is 0 Å². The summed E-state index contributed by atoms with van der Waals surface area (Å²) in [4.78, 5) is 36.2. The van der Waals surface area contributed by atoms with Crippen LogP contribution >= 0.6 is 0 Å². The molecule has 13 heteroatoms. The van der Waals surface area contributed by atoms with Crippen molar-refractivity contribution in [2.45, 2.75) is 49.5 Å². The van der Waals surface area contributed by atoms with E-state index in [1.54, 1.807) is 6.92 Å². The molecule has 0 aromatic heterocycles. The molecule has 4 atom stereocenters. The molecule has 1 amide bonds. The summed E-state index contributed by atoms with van der Waals surface area (Å²) in [5.74, 6) is -2.11. The Bertz CT molecular complexity index is 986. The van der Waals surface area contributed by atoms with Crippen LogP contribution in [0.2, 0.25) is 0 Å². The van der Waals surface area contributed by atoms with Gasteiger partial charge in [-0.2, -0.15) is 8.42 Å². The second-order valence-corrected chi connectivity index (χ2v) is 11.0. The number of nitrogens with one attached hydrogen (secondary N) is 1. The van der Waals surface area contributed by atoms with Gasteiger partial charge < -0.3 is 15.6 Å². The summed E-state index contributed by atoms with van der Waals surface area (Å²) in [6.45, 7) is 1.56. The Kier molecular flexibility index (Phi) is 13.4. The number of alkyl halides is 1. The minimum Gasteiger partial charge on any atom is -0.772 e. The molecule has 0 aliphatic carbocycles. The van der Waals surface area contributed by atoms with Gasteiger partial charge in [-0.3, -0.25) is 27.2 Å². The van der Waals surface area contributed by atoms with Gasteiger partial charge in [-0.15, -0.1) is 0 Å². The van der Waals surface area contributed by atoms with Gasteiger partial charge in [0.15, 0.2) is 16.8 Å². The van der Waals surface area contributed by atoms with Crippen LogP contribution in [0.3, 0.4) is 0 Å². The predicted octanol–water partition coefficient (Wildman–Crippen LogP) is 1.28. The Labute approximate surface area is 207 Å². The lowest BCUT2D eigenvalue weighted by molar-refractivity contribution is -0.121. The van der Waals surface area contributed by atoms with Gasteiger partial charge in [-0.05, 0) is 43.4 Å². The molecule has 1 aromatic carbocycles. The maximum atomic E-state index is 12.8. The number of unbranched alkanes of at least 4 members (excludes halogenated alkanes) is 1. The molecule has 35 heavy (non-hydrogen) atoms. The van der Waals surface area contributed by atoms with Gasteiger partial charge in [0.05, 0.1) is 19.0 Å². The molecule has 3 N–H and O–H groups in total.